The van der Waals surface area contributed by atoms with Crippen LogP contribution in [0.3, 0.4) is 0 Å². The van der Waals surface area contributed by atoms with Crippen LogP contribution in [-0.2, 0) is 0 Å². The quantitative estimate of drug-likeness (QED) is 0.900. The molecule has 0 amide bonds. The fraction of sp³-hybridized carbons (Fsp3) is 0.789. The van der Waals surface area contributed by atoms with E-state index in [4.69, 9.17) is 0 Å². The average molecular weight is 329 g/mol. The van der Waals surface area contributed by atoms with E-state index in [2.05, 4.69) is 52.0 Å². The highest BCUT2D eigenvalue weighted by Crippen LogP contribution is 2.45. The van der Waals surface area contributed by atoms with Gasteiger partial charge in [-0.25, -0.2) is 9.97 Å². The van der Waals surface area contributed by atoms with Crippen molar-refractivity contribution in [2.75, 3.05) is 51.2 Å². The van der Waals surface area contributed by atoms with E-state index in [1.807, 2.05) is 0 Å². The van der Waals surface area contributed by atoms with Crippen LogP contribution in [0.25, 0.3) is 0 Å². The lowest BCUT2D eigenvalue weighted by Crippen LogP contribution is -2.61. The molecule has 4 rings (SSSR count). The minimum Gasteiger partial charge on any atom is -0.355 e. The highest BCUT2D eigenvalue weighted by Gasteiger charge is 2.47. The lowest BCUT2D eigenvalue weighted by atomic mass is 9.65. The van der Waals surface area contributed by atoms with Gasteiger partial charge in [-0.3, -0.25) is 0 Å². The second-order valence-electron chi connectivity index (χ2n) is 9.15. The minimum atomic E-state index is 0.361. The second kappa shape index (κ2) is 5.95. The van der Waals surface area contributed by atoms with Gasteiger partial charge in [-0.2, -0.15) is 0 Å². The van der Waals surface area contributed by atoms with Crippen molar-refractivity contribution < 1.29 is 0 Å². The van der Waals surface area contributed by atoms with Gasteiger partial charge in [-0.05, 0) is 50.2 Å². The zero-order valence-electron chi connectivity index (χ0n) is 15.4. The number of anilines is 1. The van der Waals surface area contributed by atoms with Gasteiger partial charge >= 0.3 is 0 Å². The fourth-order valence-corrected chi connectivity index (χ4v) is 5.73. The molecular weight excluding hydrogens is 298 g/mol. The summed E-state index contributed by atoms with van der Waals surface area (Å²) in [5.41, 5.74) is 1.96. The Labute approximate surface area is 145 Å². The summed E-state index contributed by atoms with van der Waals surface area (Å²) >= 11 is 0. The Balaban J connectivity index is 1.58. The summed E-state index contributed by atoms with van der Waals surface area (Å²) in [6, 6.07) is 2.27. The fourth-order valence-electron chi connectivity index (χ4n) is 5.73. The van der Waals surface area contributed by atoms with E-state index in [0.717, 1.165) is 32.0 Å². The molecule has 5 nitrogen and oxygen atoms in total. The maximum Gasteiger partial charge on any atom is 0.132 e. The van der Waals surface area contributed by atoms with E-state index in [9.17, 15) is 0 Å². The Bertz CT molecular complexity index is 579. The second-order valence-corrected chi connectivity index (χ2v) is 9.15. The van der Waals surface area contributed by atoms with Crippen molar-refractivity contribution in [1.29, 1.82) is 0 Å². The predicted octanol–water partition coefficient (Wildman–Crippen LogP) is 2.11. The Kier molecular flexibility index (Phi) is 4.04. The first kappa shape index (κ1) is 16.3. The van der Waals surface area contributed by atoms with Crippen LogP contribution in [0.2, 0.25) is 0 Å². The lowest BCUT2D eigenvalue weighted by molar-refractivity contribution is 0.00505. The van der Waals surface area contributed by atoms with Crippen LogP contribution in [0.4, 0.5) is 5.82 Å². The molecule has 2 atom stereocenters. The van der Waals surface area contributed by atoms with Crippen molar-refractivity contribution in [2.45, 2.75) is 39.0 Å². The van der Waals surface area contributed by atoms with Crippen molar-refractivity contribution in [3.05, 3.63) is 18.1 Å². The van der Waals surface area contributed by atoms with Crippen molar-refractivity contribution in [1.82, 2.24) is 20.2 Å². The SMILES string of the molecule is CN1C[C@@]2(C)CN(c3cc(C4CCNCC4)ncn3)C[C@@](C)(C1)C2. The molecule has 3 saturated heterocycles. The van der Waals surface area contributed by atoms with E-state index >= 15 is 0 Å². The topological polar surface area (TPSA) is 44.3 Å². The van der Waals surface area contributed by atoms with Gasteiger partial charge in [-0.15, -0.1) is 0 Å². The third kappa shape index (κ3) is 3.16. The largest absolute Gasteiger partial charge is 0.355 e. The third-order valence-electron chi connectivity index (χ3n) is 6.06. The smallest absolute Gasteiger partial charge is 0.132 e. The van der Waals surface area contributed by atoms with Crippen LogP contribution in [0.15, 0.2) is 12.4 Å². The number of nitrogens with zero attached hydrogens (tertiary/aromatic N) is 4. The molecule has 0 radical (unpaired) electrons. The molecule has 3 aliphatic heterocycles. The number of fused-ring (bicyclic) bond motifs is 2. The van der Waals surface area contributed by atoms with Gasteiger partial charge in [-0.1, -0.05) is 13.8 Å². The molecule has 0 aliphatic carbocycles. The van der Waals surface area contributed by atoms with Gasteiger partial charge in [0.2, 0.25) is 0 Å². The molecule has 24 heavy (non-hydrogen) atoms. The number of hydrogen-bond donors (Lipinski definition) is 1. The number of nitrogens with one attached hydrogen (secondary N) is 1. The summed E-state index contributed by atoms with van der Waals surface area (Å²) in [6.45, 7) is 11.7. The molecule has 1 aromatic heterocycles. The molecule has 0 unspecified atom stereocenters. The van der Waals surface area contributed by atoms with E-state index < -0.39 is 0 Å². The van der Waals surface area contributed by atoms with E-state index in [0.29, 0.717) is 16.7 Å². The molecular formula is C19H31N5. The molecule has 0 saturated carbocycles. The first-order valence-corrected chi connectivity index (χ1v) is 9.41. The van der Waals surface area contributed by atoms with Crippen LogP contribution in [0, 0.1) is 10.8 Å². The van der Waals surface area contributed by atoms with Crippen molar-refractivity contribution in [2.24, 2.45) is 10.8 Å². The Morgan fingerprint density at radius 2 is 1.71 bits per heavy atom. The highest BCUT2D eigenvalue weighted by atomic mass is 15.3. The molecule has 1 aromatic rings. The molecule has 132 valence electrons. The third-order valence-corrected chi connectivity index (χ3v) is 6.06. The Morgan fingerprint density at radius 1 is 1.04 bits per heavy atom. The molecule has 1 N–H and O–H groups in total. The van der Waals surface area contributed by atoms with Gasteiger partial charge in [0.25, 0.3) is 0 Å². The van der Waals surface area contributed by atoms with Gasteiger partial charge in [0.05, 0.1) is 0 Å². The molecule has 2 bridgehead atoms. The van der Waals surface area contributed by atoms with E-state index in [1.165, 1.54) is 38.0 Å². The van der Waals surface area contributed by atoms with Crippen LogP contribution >= 0.6 is 0 Å². The molecule has 3 fully saturated rings. The number of hydrogen-bond acceptors (Lipinski definition) is 5. The number of likely N-dealkylation sites (tertiary alicyclic amines) is 1. The number of rotatable bonds is 2. The molecule has 4 heterocycles. The summed E-state index contributed by atoms with van der Waals surface area (Å²) in [7, 11) is 2.27. The standard InChI is InChI=1S/C19H31N5/c1-18-9-19(2,11-23(3)10-18)13-24(12-18)17-8-16(21-14-22-17)15-4-6-20-7-5-15/h8,14-15,20H,4-7,9-13H2,1-3H3/t18-,19+. The van der Waals surface area contributed by atoms with Crippen molar-refractivity contribution >= 4 is 5.82 Å². The van der Waals surface area contributed by atoms with Crippen molar-refractivity contribution in [3.8, 4) is 0 Å². The Morgan fingerprint density at radius 3 is 2.38 bits per heavy atom. The zero-order valence-corrected chi connectivity index (χ0v) is 15.4. The normalized spacial score (nSPS) is 35.2. The summed E-state index contributed by atoms with van der Waals surface area (Å²) in [5, 5.41) is 3.44. The Hall–Kier alpha value is -1.20. The zero-order chi connectivity index (χ0) is 16.8. The summed E-state index contributed by atoms with van der Waals surface area (Å²) < 4.78 is 0. The van der Waals surface area contributed by atoms with Crippen LogP contribution in [-0.4, -0.2) is 61.2 Å². The molecule has 5 heteroatoms. The van der Waals surface area contributed by atoms with E-state index in [-0.39, 0.29) is 0 Å². The van der Waals surface area contributed by atoms with Crippen molar-refractivity contribution in [3.63, 3.8) is 0 Å². The van der Waals surface area contributed by atoms with Gasteiger partial charge < -0.3 is 15.1 Å². The monoisotopic (exact) mass is 329 g/mol. The van der Waals surface area contributed by atoms with Crippen LogP contribution < -0.4 is 10.2 Å². The lowest BCUT2D eigenvalue weighted by Gasteiger charge is -2.56. The highest BCUT2D eigenvalue weighted by molar-refractivity contribution is 5.42. The van der Waals surface area contributed by atoms with Crippen LogP contribution in [0.5, 0.6) is 0 Å². The molecule has 0 spiro atoms. The van der Waals surface area contributed by atoms with Gasteiger partial charge in [0, 0.05) is 43.9 Å². The van der Waals surface area contributed by atoms with E-state index in [1.54, 1.807) is 6.33 Å². The summed E-state index contributed by atoms with van der Waals surface area (Å²) in [4.78, 5) is 14.3. The number of aromatic nitrogens is 2. The molecule has 0 aromatic carbocycles. The van der Waals surface area contributed by atoms with Gasteiger partial charge in [0.1, 0.15) is 12.1 Å². The minimum absolute atomic E-state index is 0.361. The number of piperidine rings is 3. The first-order valence-electron chi connectivity index (χ1n) is 9.41. The maximum atomic E-state index is 4.65. The average Bonchev–Trinajstić information content (AvgIpc) is 2.53. The first-order chi connectivity index (χ1) is 11.4. The van der Waals surface area contributed by atoms with Gasteiger partial charge in [0.15, 0.2) is 0 Å². The molecule has 3 aliphatic rings. The summed E-state index contributed by atoms with van der Waals surface area (Å²) in [6.07, 6.45) is 5.49. The predicted molar refractivity (Wildman–Crippen MR) is 97.4 cm³/mol. The maximum absolute atomic E-state index is 4.65. The van der Waals surface area contributed by atoms with Crippen LogP contribution in [0.1, 0.15) is 44.7 Å². The summed E-state index contributed by atoms with van der Waals surface area (Å²) in [5.74, 6) is 1.73.